The number of carbonyl (C=O) groups is 2. The Morgan fingerprint density at radius 3 is 2.84 bits per heavy atom. The van der Waals surface area contributed by atoms with Crippen LogP contribution in [0.25, 0.3) is 10.2 Å². The number of nitrogens with zero attached hydrogens (tertiary/aromatic N) is 2. The van der Waals surface area contributed by atoms with Gasteiger partial charge in [0.15, 0.2) is 10.9 Å². The van der Waals surface area contributed by atoms with Crippen molar-refractivity contribution in [1.29, 1.82) is 0 Å². The van der Waals surface area contributed by atoms with E-state index in [4.69, 9.17) is 5.73 Å². The Bertz CT molecular complexity index is 955. The molecular formula is C17H16N4O2S2. The first-order chi connectivity index (χ1) is 11.9. The Morgan fingerprint density at radius 1 is 1.28 bits per heavy atom. The third kappa shape index (κ3) is 3.97. The number of carbonyl (C=O) groups excluding carboxylic acids is 2. The number of rotatable bonds is 5. The number of Topliss-reactive ketones (excluding diaryl/α,β-unsaturated/α-hetero) is 1. The number of thiophene rings is 1. The van der Waals surface area contributed by atoms with Crippen molar-refractivity contribution in [2.24, 2.45) is 0 Å². The minimum absolute atomic E-state index is 0.0494. The predicted octanol–water partition coefficient (Wildman–Crippen LogP) is 3.60. The van der Waals surface area contributed by atoms with E-state index in [0.29, 0.717) is 22.2 Å². The maximum Gasteiger partial charge on any atom is 0.237 e. The molecule has 3 rings (SSSR count). The molecular weight excluding hydrogens is 356 g/mol. The van der Waals surface area contributed by atoms with Gasteiger partial charge in [0.25, 0.3) is 0 Å². The van der Waals surface area contributed by atoms with Crippen LogP contribution in [-0.4, -0.2) is 26.9 Å². The van der Waals surface area contributed by atoms with Gasteiger partial charge in [0.05, 0.1) is 10.6 Å². The van der Waals surface area contributed by atoms with Gasteiger partial charge in [-0.2, -0.15) is 0 Å². The Kier molecular flexibility index (Phi) is 5.00. The van der Waals surface area contributed by atoms with Gasteiger partial charge in [-0.05, 0) is 37.4 Å². The van der Waals surface area contributed by atoms with E-state index >= 15 is 0 Å². The molecule has 8 heteroatoms. The second-order valence-electron chi connectivity index (χ2n) is 5.42. The molecule has 25 heavy (non-hydrogen) atoms. The fourth-order valence-electron chi connectivity index (χ4n) is 2.18. The van der Waals surface area contributed by atoms with Crippen molar-refractivity contribution < 1.29 is 9.59 Å². The lowest BCUT2D eigenvalue weighted by molar-refractivity contribution is -0.115. The molecule has 1 atom stereocenters. The summed E-state index contributed by atoms with van der Waals surface area (Å²) in [5.74, 6) is 0.168. The normalized spacial score (nSPS) is 12.1. The molecule has 0 spiro atoms. The fourth-order valence-corrected chi connectivity index (χ4v) is 3.79. The van der Waals surface area contributed by atoms with Crippen LogP contribution in [0.5, 0.6) is 0 Å². The molecule has 2 aromatic heterocycles. The van der Waals surface area contributed by atoms with E-state index in [1.165, 1.54) is 30.0 Å². The zero-order valence-corrected chi connectivity index (χ0v) is 15.3. The molecule has 0 aliphatic heterocycles. The third-order valence-corrected chi connectivity index (χ3v) is 5.29. The number of ketones is 1. The summed E-state index contributed by atoms with van der Waals surface area (Å²) in [6.07, 6.45) is 0. The minimum atomic E-state index is -0.419. The molecule has 0 radical (unpaired) electrons. The highest BCUT2D eigenvalue weighted by Crippen LogP contribution is 2.28. The smallest absolute Gasteiger partial charge is 0.237 e. The largest absolute Gasteiger partial charge is 0.383 e. The van der Waals surface area contributed by atoms with Crippen molar-refractivity contribution in [3.05, 3.63) is 41.3 Å². The van der Waals surface area contributed by atoms with E-state index < -0.39 is 5.25 Å². The number of aromatic nitrogens is 2. The van der Waals surface area contributed by atoms with E-state index in [0.717, 1.165) is 10.2 Å². The summed E-state index contributed by atoms with van der Waals surface area (Å²) in [7, 11) is 0. The molecule has 128 valence electrons. The summed E-state index contributed by atoms with van der Waals surface area (Å²) in [6, 6.07) is 8.72. The molecule has 0 aliphatic carbocycles. The first-order valence-electron chi connectivity index (χ1n) is 7.53. The average molecular weight is 372 g/mol. The summed E-state index contributed by atoms with van der Waals surface area (Å²) in [6.45, 7) is 3.26. The molecule has 2 heterocycles. The first kappa shape index (κ1) is 17.4. The van der Waals surface area contributed by atoms with Gasteiger partial charge in [0.2, 0.25) is 5.91 Å². The summed E-state index contributed by atoms with van der Waals surface area (Å²) >= 11 is 2.72. The van der Waals surface area contributed by atoms with Crippen LogP contribution in [0, 0.1) is 0 Å². The van der Waals surface area contributed by atoms with Crippen LogP contribution in [0.4, 0.5) is 11.5 Å². The Morgan fingerprint density at radius 2 is 2.08 bits per heavy atom. The maximum atomic E-state index is 12.4. The maximum absolute atomic E-state index is 12.4. The number of anilines is 2. The third-order valence-electron chi connectivity index (χ3n) is 3.52. The van der Waals surface area contributed by atoms with E-state index in [1.54, 1.807) is 31.2 Å². The number of hydrogen-bond donors (Lipinski definition) is 2. The second kappa shape index (κ2) is 7.20. The molecule has 1 aromatic carbocycles. The molecule has 0 fully saturated rings. The molecule has 3 aromatic rings. The number of nitrogen functional groups attached to an aromatic ring is 1. The Labute approximate surface area is 152 Å². The van der Waals surface area contributed by atoms with Gasteiger partial charge < -0.3 is 11.1 Å². The Balaban J connectivity index is 1.71. The van der Waals surface area contributed by atoms with E-state index in [-0.39, 0.29) is 11.7 Å². The number of nitrogens with two attached hydrogens (primary N) is 1. The van der Waals surface area contributed by atoms with Crippen LogP contribution in [0.2, 0.25) is 0 Å². The lowest BCUT2D eigenvalue weighted by Crippen LogP contribution is -2.22. The molecule has 0 aliphatic rings. The standard InChI is InChI=1S/C17H16N4O2S2/c1-9(22)11-4-3-5-12(8-11)19-15(23)10(2)25-17-20-14(18)13-6-7-24-16(13)21-17/h3-8,10H,1-2H3,(H,19,23)(H2,18,20,21). The van der Waals surface area contributed by atoms with Crippen molar-refractivity contribution in [3.8, 4) is 0 Å². The van der Waals surface area contributed by atoms with Crippen molar-refractivity contribution >= 4 is 56.5 Å². The van der Waals surface area contributed by atoms with Crippen molar-refractivity contribution in [1.82, 2.24) is 9.97 Å². The topological polar surface area (TPSA) is 98.0 Å². The van der Waals surface area contributed by atoms with Crippen LogP contribution in [0.1, 0.15) is 24.2 Å². The fraction of sp³-hybridized carbons (Fsp3) is 0.176. The van der Waals surface area contributed by atoms with Gasteiger partial charge in [-0.15, -0.1) is 11.3 Å². The monoisotopic (exact) mass is 372 g/mol. The molecule has 0 bridgehead atoms. The van der Waals surface area contributed by atoms with Crippen molar-refractivity contribution in [2.45, 2.75) is 24.3 Å². The summed E-state index contributed by atoms with van der Waals surface area (Å²) in [4.78, 5) is 33.3. The van der Waals surface area contributed by atoms with E-state index in [2.05, 4.69) is 15.3 Å². The summed E-state index contributed by atoms with van der Waals surface area (Å²) in [5, 5.41) is 5.59. The van der Waals surface area contributed by atoms with Gasteiger partial charge in [0, 0.05) is 11.3 Å². The SMILES string of the molecule is CC(=O)c1cccc(NC(=O)C(C)Sc2nc(N)c3ccsc3n2)c1. The first-order valence-corrected chi connectivity index (χ1v) is 9.29. The number of thioether (sulfide) groups is 1. The molecule has 1 amide bonds. The molecule has 3 N–H and O–H groups in total. The Hall–Kier alpha value is -2.45. The van der Waals surface area contributed by atoms with Gasteiger partial charge in [-0.3, -0.25) is 9.59 Å². The lowest BCUT2D eigenvalue weighted by atomic mass is 10.1. The average Bonchev–Trinajstić information content (AvgIpc) is 3.04. The highest BCUT2D eigenvalue weighted by Gasteiger charge is 2.18. The zero-order valence-electron chi connectivity index (χ0n) is 13.6. The van der Waals surface area contributed by atoms with Gasteiger partial charge in [-0.1, -0.05) is 23.9 Å². The minimum Gasteiger partial charge on any atom is -0.383 e. The summed E-state index contributed by atoms with van der Waals surface area (Å²) < 4.78 is 0. The van der Waals surface area contributed by atoms with Crippen LogP contribution in [-0.2, 0) is 4.79 Å². The van der Waals surface area contributed by atoms with Crippen LogP contribution in [0.15, 0.2) is 40.9 Å². The van der Waals surface area contributed by atoms with Crippen LogP contribution < -0.4 is 11.1 Å². The van der Waals surface area contributed by atoms with Crippen molar-refractivity contribution in [2.75, 3.05) is 11.1 Å². The molecule has 0 saturated carbocycles. The molecule has 6 nitrogen and oxygen atoms in total. The molecule has 0 saturated heterocycles. The number of fused-ring (bicyclic) bond motifs is 1. The summed E-state index contributed by atoms with van der Waals surface area (Å²) in [5.41, 5.74) is 7.07. The number of nitrogens with one attached hydrogen (secondary N) is 1. The number of amides is 1. The zero-order chi connectivity index (χ0) is 18.0. The predicted molar refractivity (Wildman–Crippen MR) is 102 cm³/mol. The van der Waals surface area contributed by atoms with Crippen molar-refractivity contribution in [3.63, 3.8) is 0 Å². The highest BCUT2D eigenvalue weighted by atomic mass is 32.2. The quantitative estimate of drug-likeness (QED) is 0.403. The van der Waals surface area contributed by atoms with Crippen LogP contribution >= 0.6 is 23.1 Å². The van der Waals surface area contributed by atoms with Crippen LogP contribution in [0.3, 0.4) is 0 Å². The second-order valence-corrected chi connectivity index (χ2v) is 7.62. The van der Waals surface area contributed by atoms with Gasteiger partial charge >= 0.3 is 0 Å². The van der Waals surface area contributed by atoms with Gasteiger partial charge in [0.1, 0.15) is 10.6 Å². The van der Waals surface area contributed by atoms with Gasteiger partial charge in [-0.25, -0.2) is 9.97 Å². The highest BCUT2D eigenvalue weighted by molar-refractivity contribution is 8.00. The molecule has 1 unspecified atom stereocenters. The number of benzene rings is 1. The van der Waals surface area contributed by atoms with E-state index in [9.17, 15) is 9.59 Å². The number of hydrogen-bond acceptors (Lipinski definition) is 7. The lowest BCUT2D eigenvalue weighted by Gasteiger charge is -2.12. The van der Waals surface area contributed by atoms with E-state index in [1.807, 2.05) is 11.4 Å².